The highest BCUT2D eigenvalue weighted by Crippen LogP contribution is 1.96. The first-order valence-corrected chi connectivity index (χ1v) is 4.03. The van der Waals surface area contributed by atoms with Gasteiger partial charge >= 0.3 is 10.1 Å². The van der Waals surface area contributed by atoms with E-state index in [1.807, 2.05) is 0 Å². The average molecular weight is 165 g/mol. The number of nitrogens with two attached hydrogens (primary N) is 1. The molecule has 0 bridgehead atoms. The van der Waals surface area contributed by atoms with Crippen LogP contribution in [-0.2, 0) is 19.1 Å². The Bertz CT molecular complexity index is 252. The van der Waals surface area contributed by atoms with Crippen LogP contribution in [0.1, 0.15) is 0 Å². The zero-order valence-electron chi connectivity index (χ0n) is 5.33. The lowest BCUT2D eigenvalue weighted by molar-refractivity contribution is -0.116. The lowest BCUT2D eigenvalue weighted by atomic mass is 10.6. The van der Waals surface area contributed by atoms with E-state index in [1.54, 1.807) is 0 Å². The normalized spacial score (nSPS) is 10.5. The van der Waals surface area contributed by atoms with Crippen molar-refractivity contribution < 1.29 is 17.4 Å². The van der Waals surface area contributed by atoms with Crippen LogP contribution in [0.4, 0.5) is 0 Å². The summed E-state index contributed by atoms with van der Waals surface area (Å²) in [4.78, 5) is 10.1. The van der Waals surface area contributed by atoms with Crippen LogP contribution in [0.15, 0.2) is 12.3 Å². The van der Waals surface area contributed by atoms with E-state index in [4.69, 9.17) is 0 Å². The zero-order valence-corrected chi connectivity index (χ0v) is 6.14. The van der Waals surface area contributed by atoms with E-state index in [-0.39, 0.29) is 0 Å². The monoisotopic (exact) mass is 165 g/mol. The molecule has 10 heavy (non-hydrogen) atoms. The van der Waals surface area contributed by atoms with E-state index >= 15 is 0 Å². The molecule has 0 aromatic rings. The molecule has 0 saturated heterocycles. The average Bonchev–Trinajstić information content (AvgIpc) is 1.60. The van der Waals surface area contributed by atoms with Gasteiger partial charge in [0.1, 0.15) is 0 Å². The maximum atomic E-state index is 10.3. The van der Waals surface area contributed by atoms with Crippen LogP contribution in [0, 0.1) is 0 Å². The van der Waals surface area contributed by atoms with Crippen molar-refractivity contribution in [3.05, 3.63) is 12.3 Å². The van der Waals surface area contributed by atoms with E-state index < -0.39 is 21.8 Å². The highest BCUT2D eigenvalue weighted by atomic mass is 32.2. The molecule has 1 amide bonds. The fourth-order valence-corrected chi connectivity index (χ4v) is 0.671. The predicted octanol–water partition coefficient (Wildman–Crippen LogP) is -1.04. The smallest absolute Gasteiger partial charge is 0.306 e. The summed E-state index contributed by atoms with van der Waals surface area (Å²) in [5.41, 5.74) is 4.62. The molecule has 0 aromatic carbocycles. The molecule has 2 N–H and O–H groups in total. The maximum absolute atomic E-state index is 10.3. The third kappa shape index (κ3) is 3.90. The van der Waals surface area contributed by atoms with Gasteiger partial charge < -0.3 is 9.92 Å². The Hall–Kier alpha value is -1.04. The van der Waals surface area contributed by atoms with Gasteiger partial charge in [0.25, 0.3) is 5.91 Å². The molecule has 6 heteroatoms. The SMILES string of the molecule is C=C(OS(C)(=O)=O)C(N)=O. The van der Waals surface area contributed by atoms with Gasteiger partial charge in [-0.05, 0) is 6.58 Å². The van der Waals surface area contributed by atoms with Crippen molar-refractivity contribution in [3.63, 3.8) is 0 Å². The van der Waals surface area contributed by atoms with E-state index in [9.17, 15) is 13.2 Å². The standard InChI is InChI=1S/C4H7NO4S/c1-3(4(5)6)9-10(2,7)8/h1H2,2H3,(H2,5,6). The molecule has 0 rings (SSSR count). The Kier molecular flexibility index (Phi) is 2.42. The molecule has 0 spiro atoms. The van der Waals surface area contributed by atoms with Crippen molar-refractivity contribution in [2.45, 2.75) is 0 Å². The third-order valence-electron chi connectivity index (χ3n) is 0.527. The predicted molar refractivity (Wildman–Crippen MR) is 34.3 cm³/mol. The molecule has 5 nitrogen and oxygen atoms in total. The third-order valence-corrected chi connectivity index (χ3v) is 1.03. The number of carbonyl (C=O) groups is 1. The molecule has 0 aliphatic rings. The van der Waals surface area contributed by atoms with Gasteiger partial charge in [-0.2, -0.15) is 8.42 Å². The summed E-state index contributed by atoms with van der Waals surface area (Å²) in [5.74, 6) is -1.58. The van der Waals surface area contributed by atoms with Gasteiger partial charge in [0.15, 0.2) is 5.76 Å². The van der Waals surface area contributed by atoms with Crippen LogP contribution in [0.3, 0.4) is 0 Å². The number of hydrogen-bond donors (Lipinski definition) is 1. The van der Waals surface area contributed by atoms with E-state index in [1.165, 1.54) is 0 Å². The van der Waals surface area contributed by atoms with Crippen molar-refractivity contribution in [1.82, 2.24) is 0 Å². The summed E-state index contributed by atoms with van der Waals surface area (Å²) in [7, 11) is -3.67. The molecule has 0 radical (unpaired) electrons. The number of rotatable bonds is 3. The molecule has 0 heterocycles. The van der Waals surface area contributed by atoms with Gasteiger partial charge in [0, 0.05) is 0 Å². The summed E-state index contributed by atoms with van der Waals surface area (Å²) in [6.07, 6.45) is 0.793. The Morgan fingerprint density at radius 1 is 1.60 bits per heavy atom. The Balaban J connectivity index is 4.21. The molecule has 0 unspecified atom stereocenters. The summed E-state index contributed by atoms with van der Waals surface area (Å²) in [5, 5.41) is 0. The quantitative estimate of drug-likeness (QED) is 0.329. The molecular weight excluding hydrogens is 158 g/mol. The first kappa shape index (κ1) is 8.96. The molecule has 0 atom stereocenters. The first-order chi connectivity index (χ1) is 4.33. The Labute approximate surface area is 58.6 Å². The van der Waals surface area contributed by atoms with E-state index in [0.717, 1.165) is 6.26 Å². The van der Waals surface area contributed by atoms with Gasteiger partial charge in [0.05, 0.1) is 6.26 Å². The summed E-state index contributed by atoms with van der Waals surface area (Å²) < 4.78 is 24.5. The molecule has 0 fully saturated rings. The topological polar surface area (TPSA) is 86.5 Å². The van der Waals surface area contributed by atoms with Crippen LogP contribution >= 0.6 is 0 Å². The van der Waals surface area contributed by atoms with Crippen molar-refractivity contribution >= 4 is 16.0 Å². The fraction of sp³-hybridized carbons (Fsp3) is 0.250. The van der Waals surface area contributed by atoms with Crippen molar-refractivity contribution in [2.75, 3.05) is 6.26 Å². The van der Waals surface area contributed by atoms with Crippen molar-refractivity contribution in [1.29, 1.82) is 0 Å². The van der Waals surface area contributed by atoms with Crippen LogP contribution in [0.25, 0.3) is 0 Å². The summed E-state index contributed by atoms with van der Waals surface area (Å²) >= 11 is 0. The van der Waals surface area contributed by atoms with Gasteiger partial charge in [-0.3, -0.25) is 4.79 Å². The second kappa shape index (κ2) is 2.70. The summed E-state index contributed by atoms with van der Waals surface area (Å²) in [6.45, 7) is 2.96. The number of hydrogen-bond acceptors (Lipinski definition) is 4. The number of amides is 1. The molecular formula is C4H7NO4S. The highest BCUT2D eigenvalue weighted by Gasteiger charge is 2.09. The minimum atomic E-state index is -3.67. The van der Waals surface area contributed by atoms with Gasteiger partial charge in [0.2, 0.25) is 0 Å². The van der Waals surface area contributed by atoms with E-state index in [0.29, 0.717) is 0 Å². The lowest BCUT2D eigenvalue weighted by Crippen LogP contribution is -2.17. The van der Waals surface area contributed by atoms with Crippen LogP contribution in [-0.4, -0.2) is 20.6 Å². The largest absolute Gasteiger partial charge is 0.377 e. The first-order valence-electron chi connectivity index (χ1n) is 2.21. The van der Waals surface area contributed by atoms with Crippen LogP contribution in [0.2, 0.25) is 0 Å². The zero-order chi connectivity index (χ0) is 8.36. The van der Waals surface area contributed by atoms with E-state index in [2.05, 4.69) is 16.5 Å². The van der Waals surface area contributed by atoms with Crippen molar-refractivity contribution in [2.24, 2.45) is 5.73 Å². The highest BCUT2D eigenvalue weighted by molar-refractivity contribution is 7.86. The Morgan fingerprint density at radius 2 is 2.00 bits per heavy atom. The minimum absolute atomic E-state index is 0.581. The number of carbonyl (C=O) groups excluding carboxylic acids is 1. The minimum Gasteiger partial charge on any atom is -0.377 e. The summed E-state index contributed by atoms with van der Waals surface area (Å²) in [6, 6.07) is 0. The van der Waals surface area contributed by atoms with Gasteiger partial charge in [-0.25, -0.2) is 0 Å². The van der Waals surface area contributed by atoms with Crippen LogP contribution in [0.5, 0.6) is 0 Å². The molecule has 0 saturated carbocycles. The molecule has 0 aliphatic heterocycles. The second-order valence-corrected chi connectivity index (χ2v) is 3.15. The maximum Gasteiger partial charge on any atom is 0.306 e. The van der Waals surface area contributed by atoms with Crippen molar-refractivity contribution in [3.8, 4) is 0 Å². The second-order valence-electron chi connectivity index (χ2n) is 1.57. The lowest BCUT2D eigenvalue weighted by Gasteiger charge is -1.99. The fourth-order valence-electron chi connectivity index (χ4n) is 0.224. The van der Waals surface area contributed by atoms with Gasteiger partial charge in [-0.15, -0.1) is 0 Å². The molecule has 0 aliphatic carbocycles. The van der Waals surface area contributed by atoms with Crippen LogP contribution < -0.4 is 5.73 Å². The Morgan fingerprint density at radius 3 is 2.10 bits per heavy atom. The number of primary amides is 1. The molecule has 58 valence electrons. The van der Waals surface area contributed by atoms with Gasteiger partial charge in [-0.1, -0.05) is 0 Å². The molecule has 0 aromatic heterocycles.